The van der Waals surface area contributed by atoms with Crippen molar-refractivity contribution in [2.24, 2.45) is 0 Å². The third-order valence-electron chi connectivity index (χ3n) is 5.32. The van der Waals surface area contributed by atoms with Crippen LogP contribution in [-0.4, -0.2) is 28.8 Å². The lowest BCUT2D eigenvalue weighted by molar-refractivity contribution is 0.479. The van der Waals surface area contributed by atoms with Crippen molar-refractivity contribution in [3.63, 3.8) is 0 Å². The van der Waals surface area contributed by atoms with E-state index in [1.807, 2.05) is 0 Å². The van der Waals surface area contributed by atoms with Crippen molar-refractivity contribution < 1.29 is 8.23 Å². The molecule has 0 aliphatic heterocycles. The molecule has 0 saturated carbocycles. The summed E-state index contributed by atoms with van der Waals surface area (Å²) in [5.74, 6) is 0. The highest BCUT2D eigenvalue weighted by molar-refractivity contribution is 7.00. The summed E-state index contributed by atoms with van der Waals surface area (Å²) >= 11 is 0. The molecular weight excluding hydrogens is 417 g/mol. The van der Waals surface area contributed by atoms with Gasteiger partial charge < -0.3 is 8.23 Å². The highest BCUT2D eigenvalue weighted by Gasteiger charge is 2.48. The zero-order valence-corrected chi connectivity index (χ0v) is 19.4. The Morgan fingerprint density at radius 3 is 1.30 bits per heavy atom. The van der Waals surface area contributed by atoms with Gasteiger partial charge in [0.15, 0.2) is 0 Å². The second kappa shape index (κ2) is 9.97. The Kier molecular flexibility index (Phi) is 6.88. The van der Waals surface area contributed by atoms with E-state index >= 15 is 0 Å². The maximum absolute atomic E-state index is 6.82. The molecule has 0 saturated heterocycles. The summed E-state index contributed by atoms with van der Waals surface area (Å²) in [5.41, 5.74) is 2.53. The van der Waals surface area contributed by atoms with E-state index < -0.39 is 8.32 Å². The summed E-state index contributed by atoms with van der Waals surface area (Å²) in [6, 6.07) is 42.6. The zero-order valence-electron chi connectivity index (χ0n) is 16.4. The van der Waals surface area contributed by atoms with Crippen LogP contribution in [0.15, 0.2) is 121 Å². The molecule has 0 aliphatic carbocycles. The molecule has 0 N–H and O–H groups in total. The molecule has 0 heterocycles. The molecule has 0 bridgehead atoms. The predicted molar refractivity (Wildman–Crippen MR) is 126 cm³/mol. The molecule has 4 aromatic carbocycles. The quantitative estimate of drug-likeness (QED) is 0.391. The number of benzene rings is 4. The number of rotatable bonds is 8. The number of hydrogen-bond acceptors (Lipinski definition) is 2. The van der Waals surface area contributed by atoms with Gasteiger partial charge in [0, 0.05) is 5.54 Å². The first-order valence-corrected chi connectivity index (χ1v) is 13.0. The lowest BCUT2D eigenvalue weighted by Crippen LogP contribution is -2.66. The van der Waals surface area contributed by atoms with Crippen molar-refractivity contribution in [3.8, 4) is 0 Å². The zero-order chi connectivity index (χ0) is 20.7. The lowest BCUT2D eigenvalue weighted by atomic mass is 10.0. The topological polar surface area (TPSA) is 18.5 Å². The normalized spacial score (nSPS) is 11.5. The average Bonchev–Trinajstić information content (AvgIpc) is 2.84. The van der Waals surface area contributed by atoms with E-state index in [0.717, 1.165) is 0 Å². The minimum Gasteiger partial charge on any atom is -0.435 e. The van der Waals surface area contributed by atoms with Gasteiger partial charge in [0.05, 0.1) is 0 Å². The standard InChI is InChI=1S/C25H21O2Si3/c28-26-29-27-30(23-17-9-3-10-18-23,24-19-11-4-12-20-24)25(21-13-5-1-6-14-21)22-15-7-2-8-16-22/h1-20,25H. The van der Waals surface area contributed by atoms with Crippen molar-refractivity contribution in [1.29, 1.82) is 0 Å². The third-order valence-corrected chi connectivity index (χ3v) is 11.1. The van der Waals surface area contributed by atoms with E-state index in [1.54, 1.807) is 0 Å². The lowest BCUT2D eigenvalue weighted by Gasteiger charge is -2.40. The molecule has 0 atom stereocenters. The van der Waals surface area contributed by atoms with Crippen molar-refractivity contribution in [2.45, 2.75) is 5.54 Å². The first-order valence-electron chi connectivity index (χ1n) is 9.83. The van der Waals surface area contributed by atoms with Crippen molar-refractivity contribution in [1.82, 2.24) is 0 Å². The SMILES string of the molecule is [Si]O[Si]O[Si](c1ccccc1)(c1ccccc1)C(c1ccccc1)c1ccccc1. The molecule has 4 rings (SSSR count). The molecule has 2 nitrogen and oxygen atoms in total. The second-order valence-electron chi connectivity index (χ2n) is 7.01. The molecule has 145 valence electrons. The van der Waals surface area contributed by atoms with Gasteiger partial charge in [-0.3, -0.25) is 0 Å². The Morgan fingerprint density at radius 2 is 0.933 bits per heavy atom. The first-order chi connectivity index (χ1) is 14.9. The van der Waals surface area contributed by atoms with Gasteiger partial charge in [-0.2, -0.15) is 0 Å². The van der Waals surface area contributed by atoms with Crippen LogP contribution in [0.1, 0.15) is 16.7 Å². The minimum absolute atomic E-state index is 0.0546. The summed E-state index contributed by atoms with van der Waals surface area (Å²) in [6.07, 6.45) is 0. The summed E-state index contributed by atoms with van der Waals surface area (Å²) in [7, 11) is 0.222. The van der Waals surface area contributed by atoms with E-state index in [9.17, 15) is 0 Å². The van der Waals surface area contributed by atoms with Crippen LogP contribution in [0.2, 0.25) is 0 Å². The van der Waals surface area contributed by atoms with Crippen LogP contribution in [0.25, 0.3) is 0 Å². The molecule has 0 aliphatic rings. The van der Waals surface area contributed by atoms with Crippen LogP contribution in [0, 0.1) is 0 Å². The second-order valence-corrected chi connectivity index (χ2v) is 12.0. The molecule has 0 unspecified atom stereocenters. The van der Waals surface area contributed by atoms with Gasteiger partial charge >= 0.3 is 10.0 Å². The van der Waals surface area contributed by atoms with Crippen LogP contribution >= 0.6 is 0 Å². The van der Waals surface area contributed by atoms with E-state index in [2.05, 4.69) is 132 Å². The Bertz CT molecular complexity index is 950. The van der Waals surface area contributed by atoms with E-state index in [4.69, 9.17) is 8.23 Å². The smallest absolute Gasteiger partial charge is 0.410 e. The maximum atomic E-state index is 6.82. The fraction of sp³-hybridized carbons (Fsp3) is 0.0400. The molecule has 5 heteroatoms. The van der Waals surface area contributed by atoms with Crippen molar-refractivity contribution in [3.05, 3.63) is 132 Å². The van der Waals surface area contributed by atoms with Gasteiger partial charge in [-0.25, -0.2) is 0 Å². The van der Waals surface area contributed by atoms with E-state index in [-0.39, 0.29) is 15.5 Å². The van der Waals surface area contributed by atoms with Crippen LogP contribution in [0.3, 0.4) is 0 Å². The summed E-state index contributed by atoms with van der Waals surface area (Å²) < 4.78 is 12.1. The maximum Gasteiger partial charge on any atom is 0.410 e. The molecule has 4 aromatic rings. The third kappa shape index (κ3) is 4.16. The number of hydrogen-bond donors (Lipinski definition) is 0. The van der Waals surface area contributed by atoms with Crippen LogP contribution < -0.4 is 10.4 Å². The van der Waals surface area contributed by atoms with Crippen LogP contribution in [-0.2, 0) is 8.23 Å². The van der Waals surface area contributed by atoms with Gasteiger partial charge in [-0.15, -0.1) is 0 Å². The summed E-state index contributed by atoms with van der Waals surface area (Å²) in [6.45, 7) is 0. The average molecular weight is 438 g/mol. The molecule has 5 radical (unpaired) electrons. The highest BCUT2D eigenvalue weighted by atomic mass is 28.4. The largest absolute Gasteiger partial charge is 0.435 e. The fourth-order valence-corrected chi connectivity index (χ4v) is 10.3. The Hall–Kier alpha value is -2.55. The predicted octanol–water partition coefficient (Wildman–Crippen LogP) is 3.77. The van der Waals surface area contributed by atoms with Gasteiger partial charge in [-0.1, -0.05) is 121 Å². The monoisotopic (exact) mass is 437 g/mol. The first kappa shape index (κ1) is 20.7. The van der Waals surface area contributed by atoms with E-state index in [1.165, 1.54) is 21.5 Å². The molecule has 0 spiro atoms. The molecular formula is C25H21O2Si3. The fourth-order valence-electron chi connectivity index (χ4n) is 4.09. The van der Waals surface area contributed by atoms with Gasteiger partial charge in [-0.05, 0) is 21.5 Å². The highest BCUT2D eigenvalue weighted by Crippen LogP contribution is 2.34. The Balaban J connectivity index is 2.05. The molecule has 30 heavy (non-hydrogen) atoms. The van der Waals surface area contributed by atoms with Gasteiger partial charge in [0.1, 0.15) is 0 Å². The Morgan fingerprint density at radius 1 is 0.567 bits per heavy atom. The molecule has 0 fully saturated rings. The summed E-state index contributed by atoms with van der Waals surface area (Å²) in [4.78, 5) is 0. The summed E-state index contributed by atoms with van der Waals surface area (Å²) in [5, 5.41) is 2.43. The van der Waals surface area contributed by atoms with Crippen molar-refractivity contribution in [2.75, 3.05) is 0 Å². The molecule has 0 amide bonds. The minimum atomic E-state index is -2.82. The van der Waals surface area contributed by atoms with Crippen LogP contribution in [0.5, 0.6) is 0 Å². The molecule has 0 aromatic heterocycles. The van der Waals surface area contributed by atoms with Gasteiger partial charge in [0.25, 0.3) is 8.32 Å². The van der Waals surface area contributed by atoms with Gasteiger partial charge in [0.2, 0.25) is 10.5 Å². The van der Waals surface area contributed by atoms with E-state index in [0.29, 0.717) is 0 Å². The Labute approximate surface area is 185 Å². The van der Waals surface area contributed by atoms with Crippen LogP contribution in [0.4, 0.5) is 0 Å². The van der Waals surface area contributed by atoms with Crippen molar-refractivity contribution >= 4 is 39.2 Å².